The van der Waals surface area contributed by atoms with Crippen molar-refractivity contribution < 1.29 is 4.79 Å². The van der Waals surface area contributed by atoms with E-state index in [2.05, 4.69) is 34.6 Å². The van der Waals surface area contributed by atoms with E-state index >= 15 is 0 Å². The number of hydrogen-bond donors (Lipinski definition) is 0. The van der Waals surface area contributed by atoms with Gasteiger partial charge in [-0.2, -0.15) is 0 Å². The van der Waals surface area contributed by atoms with Gasteiger partial charge < -0.3 is 0 Å². The van der Waals surface area contributed by atoms with Gasteiger partial charge in [0.25, 0.3) is 0 Å². The van der Waals surface area contributed by atoms with E-state index in [1.807, 2.05) is 23.9 Å². The molecule has 7 nitrogen and oxygen atoms in total. The molecule has 1 amide bonds. The number of aryl methyl sites for hydroxylation is 3. The van der Waals surface area contributed by atoms with Gasteiger partial charge >= 0.3 is 0 Å². The van der Waals surface area contributed by atoms with Crippen LogP contribution < -0.4 is 4.90 Å². The monoisotopic (exact) mass is 414 g/mol. The SMILES string of the molecule is CC(=O)N(c1nc(CSc2nnnn2C2CC2)cs1)c1c(C)cc(C)cc1C. The van der Waals surface area contributed by atoms with Crippen LogP contribution in [-0.4, -0.2) is 31.1 Å². The van der Waals surface area contributed by atoms with E-state index in [0.29, 0.717) is 16.9 Å². The van der Waals surface area contributed by atoms with E-state index in [1.54, 1.807) is 23.6 Å². The first kappa shape index (κ1) is 19.1. The molecule has 2 aromatic heterocycles. The molecule has 0 bridgehead atoms. The second-order valence-electron chi connectivity index (χ2n) is 7.15. The highest BCUT2D eigenvalue weighted by Crippen LogP contribution is 2.38. The Labute approximate surface area is 172 Å². The van der Waals surface area contributed by atoms with Gasteiger partial charge in [0.05, 0.1) is 17.4 Å². The van der Waals surface area contributed by atoms with Crippen molar-refractivity contribution in [3.8, 4) is 0 Å². The van der Waals surface area contributed by atoms with Crippen LogP contribution in [0.1, 0.15) is 48.2 Å². The van der Waals surface area contributed by atoms with Crippen LogP contribution in [0.4, 0.5) is 10.8 Å². The van der Waals surface area contributed by atoms with Crippen LogP contribution in [0.25, 0.3) is 0 Å². The summed E-state index contributed by atoms with van der Waals surface area (Å²) in [7, 11) is 0. The molecule has 0 unspecified atom stereocenters. The summed E-state index contributed by atoms with van der Waals surface area (Å²) in [5.41, 5.74) is 5.17. The van der Waals surface area contributed by atoms with Crippen molar-refractivity contribution >= 4 is 39.8 Å². The number of amides is 1. The fourth-order valence-electron chi connectivity index (χ4n) is 3.35. The second-order valence-corrected chi connectivity index (χ2v) is 8.93. The fraction of sp³-hybridized carbons (Fsp3) is 0.421. The average Bonchev–Trinajstić information content (AvgIpc) is 3.18. The standard InChI is InChI=1S/C19H22N6OS2/c1-11-7-12(2)17(13(3)8-11)24(14(4)26)18-20-15(9-27-18)10-28-19-21-22-23-25(19)16-5-6-16/h7-9,16H,5-6,10H2,1-4H3. The molecule has 0 radical (unpaired) electrons. The van der Waals surface area contributed by atoms with Crippen LogP contribution in [-0.2, 0) is 10.5 Å². The molecule has 146 valence electrons. The lowest BCUT2D eigenvalue weighted by molar-refractivity contribution is -0.115. The van der Waals surface area contributed by atoms with Crippen molar-refractivity contribution in [1.29, 1.82) is 0 Å². The molecule has 0 saturated heterocycles. The highest BCUT2D eigenvalue weighted by Gasteiger charge is 2.28. The van der Waals surface area contributed by atoms with Crippen LogP contribution in [0.3, 0.4) is 0 Å². The van der Waals surface area contributed by atoms with Crippen molar-refractivity contribution in [2.75, 3.05) is 4.90 Å². The molecule has 0 N–H and O–H groups in total. The summed E-state index contributed by atoms with van der Waals surface area (Å²) >= 11 is 3.06. The molecule has 0 atom stereocenters. The highest BCUT2D eigenvalue weighted by atomic mass is 32.2. The average molecular weight is 415 g/mol. The highest BCUT2D eigenvalue weighted by molar-refractivity contribution is 7.98. The van der Waals surface area contributed by atoms with E-state index in [9.17, 15) is 4.79 Å². The first-order chi connectivity index (χ1) is 13.4. The first-order valence-electron chi connectivity index (χ1n) is 9.17. The summed E-state index contributed by atoms with van der Waals surface area (Å²) in [4.78, 5) is 18.9. The predicted octanol–water partition coefficient (Wildman–Crippen LogP) is 4.37. The molecule has 1 fully saturated rings. The minimum atomic E-state index is -0.0405. The lowest BCUT2D eigenvalue weighted by Gasteiger charge is -2.23. The molecule has 1 saturated carbocycles. The van der Waals surface area contributed by atoms with Gasteiger partial charge in [-0.3, -0.25) is 9.69 Å². The molecule has 1 aromatic carbocycles. The summed E-state index contributed by atoms with van der Waals surface area (Å²) in [6, 6.07) is 4.64. The lowest BCUT2D eigenvalue weighted by atomic mass is 10.0. The number of thiazole rings is 1. The minimum Gasteiger partial charge on any atom is -0.274 e. The van der Waals surface area contributed by atoms with Crippen LogP contribution in [0.15, 0.2) is 22.7 Å². The van der Waals surface area contributed by atoms with Gasteiger partial charge in [0.15, 0.2) is 5.13 Å². The summed E-state index contributed by atoms with van der Waals surface area (Å²) < 4.78 is 1.90. The summed E-state index contributed by atoms with van der Waals surface area (Å²) in [6.45, 7) is 7.72. The zero-order chi connectivity index (χ0) is 19.8. The Bertz CT molecular complexity index is 1000. The van der Waals surface area contributed by atoms with E-state index < -0.39 is 0 Å². The number of benzene rings is 1. The van der Waals surface area contributed by atoms with Crippen LogP contribution in [0.5, 0.6) is 0 Å². The van der Waals surface area contributed by atoms with Crippen LogP contribution in [0, 0.1) is 20.8 Å². The van der Waals surface area contributed by atoms with Crippen molar-refractivity contribution in [2.24, 2.45) is 0 Å². The minimum absolute atomic E-state index is 0.0405. The molecule has 4 rings (SSSR count). The van der Waals surface area contributed by atoms with E-state index in [1.165, 1.54) is 16.9 Å². The number of carbonyl (C=O) groups excluding carboxylic acids is 1. The number of tetrazole rings is 1. The summed E-state index contributed by atoms with van der Waals surface area (Å²) in [6.07, 6.45) is 2.28. The molecular weight excluding hydrogens is 392 g/mol. The van der Waals surface area contributed by atoms with Crippen molar-refractivity contribution in [2.45, 2.75) is 57.5 Å². The van der Waals surface area contributed by atoms with Gasteiger partial charge in [0, 0.05) is 18.1 Å². The Morgan fingerprint density at radius 2 is 2.00 bits per heavy atom. The molecule has 1 aliphatic carbocycles. The largest absolute Gasteiger partial charge is 0.274 e. The van der Waals surface area contributed by atoms with Gasteiger partial charge in [-0.1, -0.05) is 29.5 Å². The molecule has 28 heavy (non-hydrogen) atoms. The van der Waals surface area contributed by atoms with Gasteiger partial charge in [-0.15, -0.1) is 16.4 Å². The lowest BCUT2D eigenvalue weighted by Crippen LogP contribution is -2.24. The summed E-state index contributed by atoms with van der Waals surface area (Å²) in [5.74, 6) is 0.627. The number of carbonyl (C=O) groups is 1. The maximum absolute atomic E-state index is 12.5. The van der Waals surface area contributed by atoms with Gasteiger partial charge in [-0.25, -0.2) is 9.67 Å². The Balaban J connectivity index is 1.56. The second kappa shape index (κ2) is 7.63. The van der Waals surface area contributed by atoms with Gasteiger partial charge in [0.1, 0.15) is 0 Å². The molecule has 3 aromatic rings. The molecule has 0 spiro atoms. The molecule has 1 aliphatic rings. The quantitative estimate of drug-likeness (QED) is 0.558. The maximum atomic E-state index is 12.5. The number of nitrogens with zero attached hydrogens (tertiary/aromatic N) is 6. The third kappa shape index (κ3) is 3.81. The van der Waals surface area contributed by atoms with E-state index in [0.717, 1.165) is 40.5 Å². The molecular formula is C19H22N6OS2. The number of aromatic nitrogens is 5. The molecule has 2 heterocycles. The number of hydrogen-bond acceptors (Lipinski definition) is 7. The van der Waals surface area contributed by atoms with E-state index in [4.69, 9.17) is 4.98 Å². The normalized spacial score (nSPS) is 13.7. The Morgan fingerprint density at radius 3 is 2.64 bits per heavy atom. The fourth-order valence-corrected chi connectivity index (χ4v) is 5.16. The van der Waals surface area contributed by atoms with Gasteiger partial charge in [0.2, 0.25) is 11.1 Å². The van der Waals surface area contributed by atoms with Crippen molar-refractivity contribution in [3.63, 3.8) is 0 Å². The Morgan fingerprint density at radius 1 is 1.29 bits per heavy atom. The predicted molar refractivity (Wildman–Crippen MR) is 111 cm³/mol. The third-order valence-electron chi connectivity index (χ3n) is 4.61. The zero-order valence-electron chi connectivity index (χ0n) is 16.3. The zero-order valence-corrected chi connectivity index (χ0v) is 18.0. The Kier molecular flexibility index (Phi) is 5.20. The van der Waals surface area contributed by atoms with E-state index in [-0.39, 0.29) is 5.91 Å². The van der Waals surface area contributed by atoms with Crippen LogP contribution in [0.2, 0.25) is 0 Å². The third-order valence-corrected chi connectivity index (χ3v) is 6.45. The van der Waals surface area contributed by atoms with Gasteiger partial charge in [-0.05, 0) is 55.2 Å². The van der Waals surface area contributed by atoms with Crippen molar-refractivity contribution in [1.82, 2.24) is 25.2 Å². The molecule has 0 aliphatic heterocycles. The smallest absolute Gasteiger partial charge is 0.230 e. The topological polar surface area (TPSA) is 76.8 Å². The number of thioether (sulfide) groups is 1. The number of rotatable bonds is 6. The maximum Gasteiger partial charge on any atom is 0.230 e. The first-order valence-corrected chi connectivity index (χ1v) is 11.0. The van der Waals surface area contributed by atoms with Crippen molar-refractivity contribution in [3.05, 3.63) is 39.9 Å². The van der Waals surface area contributed by atoms with Crippen LogP contribution >= 0.6 is 23.1 Å². The Hall–Kier alpha value is -2.26. The molecule has 9 heteroatoms. The summed E-state index contributed by atoms with van der Waals surface area (Å²) in [5, 5.41) is 15.5. The number of anilines is 2.